The van der Waals surface area contributed by atoms with Crippen LogP contribution in [0.15, 0.2) is 78.2 Å². The summed E-state index contributed by atoms with van der Waals surface area (Å²) in [7, 11) is 1.49. The summed E-state index contributed by atoms with van der Waals surface area (Å²) >= 11 is 1.43. The number of allylic oxidation sites excluding steroid dienone is 1. The SMILES string of the molecule is COc1cc(C=C(C#N)c2nc(-c3ccc(-c4ccccc4)cc3)cs2)ccc1O. The minimum absolute atomic E-state index is 0.0589. The van der Waals surface area contributed by atoms with Gasteiger partial charge in [0.05, 0.1) is 18.4 Å². The van der Waals surface area contributed by atoms with Gasteiger partial charge in [0.2, 0.25) is 0 Å². The second-order valence-electron chi connectivity index (χ2n) is 6.58. The molecule has 3 aromatic carbocycles. The molecule has 30 heavy (non-hydrogen) atoms. The lowest BCUT2D eigenvalue weighted by Crippen LogP contribution is -1.86. The molecule has 0 aliphatic heterocycles. The highest BCUT2D eigenvalue weighted by Gasteiger charge is 2.10. The van der Waals surface area contributed by atoms with Crippen molar-refractivity contribution in [3.8, 4) is 40.0 Å². The third-order valence-electron chi connectivity index (χ3n) is 4.66. The standard InChI is InChI=1S/C25H18N2O2S/c1-29-24-14-17(7-12-23(24)28)13-21(15-26)25-27-22(16-30-25)20-10-8-19(9-11-20)18-5-3-2-4-6-18/h2-14,16,28H,1H3. The molecular weight excluding hydrogens is 392 g/mol. The lowest BCUT2D eigenvalue weighted by Gasteiger charge is -2.04. The van der Waals surface area contributed by atoms with E-state index < -0.39 is 0 Å². The summed E-state index contributed by atoms with van der Waals surface area (Å²) < 4.78 is 5.13. The average molecular weight is 410 g/mol. The number of thiazole rings is 1. The molecule has 4 rings (SSSR count). The maximum Gasteiger partial charge on any atom is 0.161 e. The second kappa shape index (κ2) is 8.64. The molecule has 0 fully saturated rings. The number of hydrogen-bond acceptors (Lipinski definition) is 5. The van der Waals surface area contributed by atoms with Gasteiger partial charge in [0.15, 0.2) is 11.5 Å². The van der Waals surface area contributed by atoms with Crippen LogP contribution in [-0.4, -0.2) is 17.2 Å². The molecule has 0 radical (unpaired) electrons. The minimum Gasteiger partial charge on any atom is -0.504 e. The number of aromatic hydroxyl groups is 1. The van der Waals surface area contributed by atoms with Crippen molar-refractivity contribution in [2.24, 2.45) is 0 Å². The Labute approximate surface area is 179 Å². The van der Waals surface area contributed by atoms with Gasteiger partial charge in [-0.2, -0.15) is 5.26 Å². The number of nitriles is 1. The van der Waals surface area contributed by atoms with Gasteiger partial charge in [-0.25, -0.2) is 4.98 Å². The third-order valence-corrected chi connectivity index (χ3v) is 5.53. The summed E-state index contributed by atoms with van der Waals surface area (Å²) in [5.41, 5.74) is 5.36. The molecule has 1 heterocycles. The highest BCUT2D eigenvalue weighted by molar-refractivity contribution is 7.11. The van der Waals surface area contributed by atoms with E-state index in [1.54, 1.807) is 24.3 Å². The first-order chi connectivity index (χ1) is 14.7. The van der Waals surface area contributed by atoms with Crippen LogP contribution in [0.4, 0.5) is 0 Å². The topological polar surface area (TPSA) is 66.1 Å². The Balaban J connectivity index is 1.60. The number of ether oxygens (including phenoxy) is 1. The van der Waals surface area contributed by atoms with E-state index in [1.807, 2.05) is 35.7 Å². The zero-order chi connectivity index (χ0) is 20.9. The fraction of sp³-hybridized carbons (Fsp3) is 0.0400. The van der Waals surface area contributed by atoms with E-state index in [-0.39, 0.29) is 5.75 Å². The molecule has 0 aliphatic rings. The average Bonchev–Trinajstić information content (AvgIpc) is 3.29. The second-order valence-corrected chi connectivity index (χ2v) is 7.44. The fourth-order valence-electron chi connectivity index (χ4n) is 3.09. The van der Waals surface area contributed by atoms with Gasteiger partial charge >= 0.3 is 0 Å². The number of rotatable bonds is 5. The molecule has 0 unspecified atom stereocenters. The summed E-state index contributed by atoms with van der Waals surface area (Å²) in [4.78, 5) is 4.66. The van der Waals surface area contributed by atoms with Gasteiger partial charge < -0.3 is 9.84 Å². The van der Waals surface area contributed by atoms with Gasteiger partial charge in [0, 0.05) is 10.9 Å². The minimum atomic E-state index is 0.0589. The Kier molecular flexibility index (Phi) is 5.60. The van der Waals surface area contributed by atoms with Crippen LogP contribution in [0.5, 0.6) is 11.5 Å². The number of hydrogen-bond donors (Lipinski definition) is 1. The molecule has 0 amide bonds. The molecule has 0 saturated heterocycles. The summed E-state index contributed by atoms with van der Waals surface area (Å²) in [6.07, 6.45) is 1.74. The van der Waals surface area contributed by atoms with E-state index in [0.717, 1.165) is 22.4 Å². The van der Waals surface area contributed by atoms with Gasteiger partial charge in [0.25, 0.3) is 0 Å². The lowest BCUT2D eigenvalue weighted by molar-refractivity contribution is 0.373. The van der Waals surface area contributed by atoms with Crippen LogP contribution in [0.3, 0.4) is 0 Å². The van der Waals surface area contributed by atoms with Crippen molar-refractivity contribution in [1.82, 2.24) is 4.98 Å². The first-order valence-corrected chi connectivity index (χ1v) is 10.2. The number of phenols is 1. The van der Waals surface area contributed by atoms with Crippen LogP contribution in [-0.2, 0) is 0 Å². The molecule has 4 nitrogen and oxygen atoms in total. The Bertz CT molecular complexity index is 1240. The molecule has 0 atom stereocenters. The van der Waals surface area contributed by atoms with Crippen molar-refractivity contribution >= 4 is 23.0 Å². The molecule has 0 spiro atoms. The summed E-state index contributed by atoms with van der Waals surface area (Å²) in [5, 5.41) is 22.0. The largest absolute Gasteiger partial charge is 0.504 e. The van der Waals surface area contributed by atoms with E-state index in [2.05, 4.69) is 35.3 Å². The van der Waals surface area contributed by atoms with Crippen molar-refractivity contribution in [2.45, 2.75) is 0 Å². The number of phenolic OH excluding ortho intramolecular Hbond substituents is 1. The smallest absolute Gasteiger partial charge is 0.161 e. The predicted octanol–water partition coefficient (Wildman–Crippen LogP) is 6.26. The van der Waals surface area contributed by atoms with Crippen molar-refractivity contribution in [3.63, 3.8) is 0 Å². The lowest BCUT2D eigenvalue weighted by atomic mass is 10.0. The van der Waals surface area contributed by atoms with Crippen LogP contribution in [0.1, 0.15) is 10.6 Å². The van der Waals surface area contributed by atoms with Gasteiger partial charge in [-0.1, -0.05) is 60.7 Å². The summed E-state index contributed by atoms with van der Waals surface area (Å²) in [6.45, 7) is 0. The van der Waals surface area contributed by atoms with Crippen molar-refractivity contribution in [1.29, 1.82) is 5.26 Å². The first-order valence-electron chi connectivity index (χ1n) is 9.28. The summed E-state index contributed by atoms with van der Waals surface area (Å²) in [6, 6.07) is 25.6. The molecule has 146 valence electrons. The normalized spacial score (nSPS) is 11.1. The zero-order valence-corrected chi connectivity index (χ0v) is 17.1. The van der Waals surface area contributed by atoms with Gasteiger partial charge in [-0.15, -0.1) is 11.3 Å². The van der Waals surface area contributed by atoms with Crippen molar-refractivity contribution in [3.05, 3.63) is 88.7 Å². The zero-order valence-electron chi connectivity index (χ0n) is 16.2. The van der Waals surface area contributed by atoms with E-state index in [0.29, 0.717) is 16.3 Å². The van der Waals surface area contributed by atoms with Crippen molar-refractivity contribution < 1.29 is 9.84 Å². The van der Waals surface area contributed by atoms with Crippen LogP contribution in [0.25, 0.3) is 34.0 Å². The van der Waals surface area contributed by atoms with E-state index in [4.69, 9.17) is 4.74 Å². The molecule has 5 heteroatoms. The Hall–Kier alpha value is -3.88. The number of aromatic nitrogens is 1. The van der Waals surface area contributed by atoms with Crippen molar-refractivity contribution in [2.75, 3.05) is 7.11 Å². The molecule has 0 saturated carbocycles. The molecule has 0 aliphatic carbocycles. The van der Waals surface area contributed by atoms with Crippen LogP contribution >= 0.6 is 11.3 Å². The number of methoxy groups -OCH3 is 1. The van der Waals surface area contributed by atoms with Gasteiger partial charge in [-0.05, 0) is 34.9 Å². The Morgan fingerprint density at radius 2 is 1.70 bits per heavy atom. The van der Waals surface area contributed by atoms with E-state index in [9.17, 15) is 10.4 Å². The monoisotopic (exact) mass is 410 g/mol. The third kappa shape index (κ3) is 4.09. The van der Waals surface area contributed by atoms with E-state index in [1.165, 1.54) is 24.0 Å². The van der Waals surface area contributed by atoms with Crippen LogP contribution in [0.2, 0.25) is 0 Å². The molecule has 1 aromatic heterocycles. The fourth-order valence-corrected chi connectivity index (χ4v) is 3.88. The van der Waals surface area contributed by atoms with Gasteiger partial charge in [0.1, 0.15) is 11.1 Å². The maximum absolute atomic E-state index is 9.74. The predicted molar refractivity (Wildman–Crippen MR) is 121 cm³/mol. The highest BCUT2D eigenvalue weighted by atomic mass is 32.1. The molecule has 0 bridgehead atoms. The highest BCUT2D eigenvalue weighted by Crippen LogP contribution is 2.31. The summed E-state index contributed by atoms with van der Waals surface area (Å²) in [5.74, 6) is 0.419. The van der Waals surface area contributed by atoms with Crippen LogP contribution in [0, 0.1) is 11.3 Å². The molecule has 1 N–H and O–H groups in total. The quantitative estimate of drug-likeness (QED) is 0.395. The maximum atomic E-state index is 9.74. The van der Waals surface area contributed by atoms with E-state index >= 15 is 0 Å². The van der Waals surface area contributed by atoms with Crippen LogP contribution < -0.4 is 4.74 Å². The molecule has 4 aromatic rings. The van der Waals surface area contributed by atoms with Gasteiger partial charge in [-0.3, -0.25) is 0 Å². The Morgan fingerprint density at radius 1 is 1.00 bits per heavy atom. The first kappa shape index (κ1) is 19.4. The number of benzene rings is 3. The number of nitrogens with zero attached hydrogens (tertiary/aromatic N) is 2. The molecular formula is C25H18N2O2S. The Morgan fingerprint density at radius 3 is 2.40 bits per heavy atom.